The number of hydrogen-bond donors (Lipinski definition) is 0. The van der Waals surface area contributed by atoms with Gasteiger partial charge < -0.3 is 9.80 Å². The van der Waals surface area contributed by atoms with E-state index in [2.05, 4.69) is 57.2 Å². The Balaban J connectivity index is 1.19. The molecule has 6 heteroatoms. The number of alkyl halides is 1. The summed E-state index contributed by atoms with van der Waals surface area (Å²) >= 11 is 2.63. The normalized spacial score (nSPS) is 34.2. The first-order valence-corrected chi connectivity index (χ1v) is 14.1. The molecule has 1 aromatic heterocycles. The average molecular weight is 538 g/mol. The number of aromatic nitrogens is 2. The second-order valence-electron chi connectivity index (χ2n) is 10.5. The molecule has 0 radical (unpaired) electrons. The minimum absolute atomic E-state index is 0.538. The van der Waals surface area contributed by atoms with E-state index in [0.717, 1.165) is 21.7 Å². The van der Waals surface area contributed by atoms with Crippen LogP contribution in [0.3, 0.4) is 0 Å². The molecule has 1 aromatic rings. The van der Waals surface area contributed by atoms with Crippen LogP contribution in [0.25, 0.3) is 0 Å². The maximum absolute atomic E-state index is 5.16. The number of rotatable bonds is 5. The standard InChI is InChI=1S/C25H40IN5/c1-3-29-16-22-8-9-23(17-29)31(22)24-10-13-27-25(28-24)20-11-14-30(15-12-20)21-6-4-19(5-7-21)18(2)26/h10,13,18-23H,3-9,11-12,14-17H2,1-2H3. The van der Waals surface area contributed by atoms with E-state index in [4.69, 9.17) is 9.97 Å². The summed E-state index contributed by atoms with van der Waals surface area (Å²) in [5, 5.41) is 0. The molecule has 3 aliphatic heterocycles. The average Bonchev–Trinajstić information content (AvgIpc) is 3.08. The van der Waals surface area contributed by atoms with E-state index in [1.54, 1.807) is 0 Å². The van der Waals surface area contributed by atoms with Crippen molar-refractivity contribution in [3.05, 3.63) is 18.1 Å². The Bertz CT molecular complexity index is 712. The van der Waals surface area contributed by atoms with E-state index in [1.807, 2.05) is 6.20 Å². The molecule has 4 aliphatic rings. The van der Waals surface area contributed by atoms with Crippen molar-refractivity contribution in [1.29, 1.82) is 0 Å². The number of nitrogens with zero attached hydrogens (tertiary/aromatic N) is 5. The summed E-state index contributed by atoms with van der Waals surface area (Å²) in [4.78, 5) is 18.0. The molecule has 0 spiro atoms. The molecular formula is C25H40IN5. The van der Waals surface area contributed by atoms with Crippen molar-refractivity contribution >= 4 is 28.4 Å². The van der Waals surface area contributed by atoms with Crippen LogP contribution in [0.2, 0.25) is 0 Å². The fraction of sp³-hybridized carbons (Fsp3) is 0.840. The molecule has 1 aliphatic carbocycles. The fourth-order valence-electron chi connectivity index (χ4n) is 6.78. The van der Waals surface area contributed by atoms with Gasteiger partial charge in [0.25, 0.3) is 0 Å². The van der Waals surface area contributed by atoms with Crippen LogP contribution in [0.1, 0.15) is 77.0 Å². The summed E-state index contributed by atoms with van der Waals surface area (Å²) in [6.45, 7) is 10.7. The minimum Gasteiger partial charge on any atom is -0.348 e. The summed E-state index contributed by atoms with van der Waals surface area (Å²) in [7, 11) is 0. The largest absolute Gasteiger partial charge is 0.348 e. The minimum atomic E-state index is 0.538. The van der Waals surface area contributed by atoms with Crippen molar-refractivity contribution in [3.63, 3.8) is 0 Å². The van der Waals surface area contributed by atoms with Crippen molar-refractivity contribution in [3.8, 4) is 0 Å². The Hall–Kier alpha value is -0.470. The van der Waals surface area contributed by atoms with E-state index in [-0.39, 0.29) is 0 Å². The Morgan fingerprint density at radius 1 is 0.968 bits per heavy atom. The highest BCUT2D eigenvalue weighted by Crippen LogP contribution is 2.37. The van der Waals surface area contributed by atoms with Gasteiger partial charge in [-0.2, -0.15) is 0 Å². The highest BCUT2D eigenvalue weighted by Gasteiger charge is 2.40. The first-order chi connectivity index (χ1) is 15.1. The number of likely N-dealkylation sites (tertiary alicyclic amines) is 2. The summed E-state index contributed by atoms with van der Waals surface area (Å²) in [6.07, 6.45) is 12.8. The molecule has 3 unspecified atom stereocenters. The fourth-order valence-corrected chi connectivity index (χ4v) is 7.49. The van der Waals surface area contributed by atoms with Crippen molar-refractivity contribution in [2.24, 2.45) is 5.92 Å². The lowest BCUT2D eigenvalue weighted by Crippen LogP contribution is -2.54. The highest BCUT2D eigenvalue weighted by molar-refractivity contribution is 14.1. The maximum Gasteiger partial charge on any atom is 0.133 e. The number of halogens is 1. The smallest absolute Gasteiger partial charge is 0.133 e. The number of piperidine rings is 1. The molecule has 2 bridgehead atoms. The molecule has 0 N–H and O–H groups in total. The third kappa shape index (κ3) is 4.77. The lowest BCUT2D eigenvalue weighted by atomic mass is 9.83. The lowest BCUT2D eigenvalue weighted by molar-refractivity contribution is 0.107. The van der Waals surface area contributed by atoms with Crippen LogP contribution < -0.4 is 4.90 Å². The van der Waals surface area contributed by atoms with E-state index >= 15 is 0 Å². The van der Waals surface area contributed by atoms with E-state index in [0.29, 0.717) is 18.0 Å². The van der Waals surface area contributed by atoms with Gasteiger partial charge in [0.1, 0.15) is 11.6 Å². The Labute approximate surface area is 202 Å². The maximum atomic E-state index is 5.16. The van der Waals surface area contributed by atoms with E-state index in [9.17, 15) is 0 Å². The Kier molecular flexibility index (Phi) is 7.06. The third-order valence-corrected chi connectivity index (χ3v) is 9.75. The van der Waals surface area contributed by atoms with Crippen molar-refractivity contribution in [2.75, 3.05) is 37.6 Å². The zero-order chi connectivity index (χ0) is 21.4. The van der Waals surface area contributed by atoms with Gasteiger partial charge in [0, 0.05) is 47.3 Å². The molecule has 31 heavy (non-hydrogen) atoms. The second-order valence-corrected chi connectivity index (χ2v) is 12.4. The third-order valence-electron chi connectivity index (χ3n) is 8.73. The molecule has 0 amide bonds. The van der Waals surface area contributed by atoms with Gasteiger partial charge in [0.2, 0.25) is 0 Å². The first kappa shape index (κ1) is 22.3. The van der Waals surface area contributed by atoms with Crippen LogP contribution in [0.15, 0.2) is 12.3 Å². The topological polar surface area (TPSA) is 35.5 Å². The monoisotopic (exact) mass is 537 g/mol. The molecule has 1 saturated carbocycles. The van der Waals surface area contributed by atoms with Crippen LogP contribution in [0.4, 0.5) is 5.82 Å². The second kappa shape index (κ2) is 9.80. The zero-order valence-corrected chi connectivity index (χ0v) is 21.6. The number of hydrogen-bond acceptors (Lipinski definition) is 5. The molecule has 5 rings (SSSR count). The Morgan fingerprint density at radius 3 is 2.23 bits per heavy atom. The van der Waals surface area contributed by atoms with Crippen LogP contribution in [0, 0.1) is 5.92 Å². The molecule has 3 saturated heterocycles. The predicted molar refractivity (Wildman–Crippen MR) is 136 cm³/mol. The Morgan fingerprint density at radius 2 is 1.61 bits per heavy atom. The van der Waals surface area contributed by atoms with Gasteiger partial charge in [-0.05, 0) is 83.0 Å². The van der Waals surface area contributed by atoms with Gasteiger partial charge in [-0.3, -0.25) is 4.90 Å². The molecule has 4 fully saturated rings. The van der Waals surface area contributed by atoms with Crippen molar-refractivity contribution in [1.82, 2.24) is 19.8 Å². The van der Waals surface area contributed by atoms with Gasteiger partial charge in [-0.1, -0.05) is 36.4 Å². The molecule has 4 heterocycles. The van der Waals surface area contributed by atoms with Gasteiger partial charge >= 0.3 is 0 Å². The summed E-state index contributed by atoms with van der Waals surface area (Å²) in [6, 6.07) is 4.27. The highest BCUT2D eigenvalue weighted by atomic mass is 127. The number of anilines is 1. The van der Waals surface area contributed by atoms with Crippen LogP contribution in [-0.2, 0) is 0 Å². The van der Waals surface area contributed by atoms with Crippen molar-refractivity contribution < 1.29 is 0 Å². The number of likely N-dealkylation sites (N-methyl/N-ethyl adjacent to an activating group) is 1. The molecule has 0 aromatic carbocycles. The van der Waals surface area contributed by atoms with E-state index < -0.39 is 0 Å². The quantitative estimate of drug-likeness (QED) is 0.402. The summed E-state index contributed by atoms with van der Waals surface area (Å²) in [5.74, 6) is 3.79. The first-order valence-electron chi connectivity index (χ1n) is 12.8. The van der Waals surface area contributed by atoms with Gasteiger partial charge in [-0.15, -0.1) is 0 Å². The lowest BCUT2D eigenvalue weighted by Gasteiger charge is -2.42. The van der Waals surface area contributed by atoms with Crippen molar-refractivity contribution in [2.45, 2.75) is 93.2 Å². The van der Waals surface area contributed by atoms with Gasteiger partial charge in [-0.25, -0.2) is 9.97 Å². The molecular weight excluding hydrogens is 497 g/mol. The number of fused-ring (bicyclic) bond motifs is 2. The molecule has 3 atom stereocenters. The summed E-state index contributed by atoms with van der Waals surface area (Å²) < 4.78 is 0.828. The SMILES string of the molecule is CCN1CC2CCC(C1)N2c1ccnc(C2CCN(C3CCC(C(C)I)CC3)CC2)n1. The molecule has 5 nitrogen and oxygen atoms in total. The van der Waals surface area contributed by atoms with Gasteiger partial charge in [0.05, 0.1) is 0 Å². The van der Waals surface area contributed by atoms with Crippen LogP contribution >= 0.6 is 22.6 Å². The zero-order valence-electron chi connectivity index (χ0n) is 19.4. The number of piperazine rings is 1. The molecule has 172 valence electrons. The summed E-state index contributed by atoms with van der Waals surface area (Å²) in [5.41, 5.74) is 0. The predicted octanol–water partition coefficient (Wildman–Crippen LogP) is 4.71. The van der Waals surface area contributed by atoms with E-state index in [1.165, 1.54) is 89.9 Å². The van der Waals surface area contributed by atoms with Crippen LogP contribution in [0.5, 0.6) is 0 Å². The van der Waals surface area contributed by atoms with Gasteiger partial charge in [0.15, 0.2) is 0 Å². The van der Waals surface area contributed by atoms with Crippen LogP contribution in [-0.4, -0.2) is 74.5 Å².